The van der Waals surface area contributed by atoms with Crippen molar-refractivity contribution in [3.05, 3.63) is 101 Å². The molecule has 4 rings (SSSR count). The molecule has 0 amide bonds. The highest BCUT2D eigenvalue weighted by atomic mass is 19.1. The molecule has 1 aliphatic heterocycles. The molecule has 1 heterocycles. The maximum absolute atomic E-state index is 13.1. The maximum Gasteiger partial charge on any atom is 0.363 e. The van der Waals surface area contributed by atoms with Crippen molar-refractivity contribution in [1.29, 1.82) is 0 Å². The number of hydrogen-bond donors (Lipinski definition) is 0. The van der Waals surface area contributed by atoms with Crippen LogP contribution in [0.5, 0.6) is 11.5 Å². The Hall–Kier alpha value is -3.93. The van der Waals surface area contributed by atoms with E-state index in [0.717, 1.165) is 5.56 Å². The van der Waals surface area contributed by atoms with Crippen LogP contribution in [0.4, 0.5) is 4.39 Å². The molecule has 0 aromatic heterocycles. The van der Waals surface area contributed by atoms with Gasteiger partial charge in [0.25, 0.3) is 0 Å². The first-order valence-corrected chi connectivity index (χ1v) is 9.25. The third-order valence-electron chi connectivity index (χ3n) is 4.44. The minimum Gasteiger partial charge on any atom is -0.493 e. The first-order chi connectivity index (χ1) is 14.6. The van der Waals surface area contributed by atoms with Gasteiger partial charge in [0.1, 0.15) is 12.4 Å². The number of carbonyl (C=O) groups is 1. The van der Waals surface area contributed by atoms with Crippen LogP contribution < -0.4 is 9.47 Å². The lowest BCUT2D eigenvalue weighted by Gasteiger charge is -2.11. The van der Waals surface area contributed by atoms with Gasteiger partial charge < -0.3 is 14.2 Å². The Balaban J connectivity index is 1.54. The zero-order valence-electron chi connectivity index (χ0n) is 16.2. The van der Waals surface area contributed by atoms with Crippen molar-refractivity contribution in [3.8, 4) is 11.5 Å². The third-order valence-corrected chi connectivity index (χ3v) is 4.44. The van der Waals surface area contributed by atoms with E-state index in [1.807, 2.05) is 30.3 Å². The zero-order chi connectivity index (χ0) is 20.9. The quantitative estimate of drug-likeness (QED) is 0.440. The average Bonchev–Trinajstić information content (AvgIpc) is 3.14. The van der Waals surface area contributed by atoms with Crippen LogP contribution >= 0.6 is 0 Å². The lowest BCUT2D eigenvalue weighted by Crippen LogP contribution is -2.05. The van der Waals surface area contributed by atoms with E-state index in [1.165, 1.54) is 24.3 Å². The smallest absolute Gasteiger partial charge is 0.363 e. The van der Waals surface area contributed by atoms with Crippen LogP contribution in [0.1, 0.15) is 16.7 Å². The van der Waals surface area contributed by atoms with Gasteiger partial charge in [-0.2, -0.15) is 0 Å². The molecule has 5 nitrogen and oxygen atoms in total. The summed E-state index contributed by atoms with van der Waals surface area (Å²) in [7, 11) is 1.55. The largest absolute Gasteiger partial charge is 0.493 e. The van der Waals surface area contributed by atoms with Crippen molar-refractivity contribution in [2.24, 2.45) is 4.99 Å². The number of benzene rings is 3. The molecule has 0 saturated carbocycles. The van der Waals surface area contributed by atoms with Gasteiger partial charge in [-0.15, -0.1) is 0 Å². The second-order valence-corrected chi connectivity index (χ2v) is 6.53. The predicted octanol–water partition coefficient (Wildman–Crippen LogP) is 4.76. The summed E-state index contributed by atoms with van der Waals surface area (Å²) in [6, 6.07) is 20.7. The van der Waals surface area contributed by atoms with Gasteiger partial charge in [0, 0.05) is 5.56 Å². The van der Waals surface area contributed by atoms with Crippen LogP contribution in [0.3, 0.4) is 0 Å². The average molecular weight is 403 g/mol. The van der Waals surface area contributed by atoms with Crippen molar-refractivity contribution in [2.45, 2.75) is 6.61 Å². The number of carbonyl (C=O) groups excluding carboxylic acids is 1. The van der Waals surface area contributed by atoms with E-state index in [1.54, 1.807) is 31.4 Å². The fourth-order valence-corrected chi connectivity index (χ4v) is 2.91. The molecule has 0 atom stereocenters. The van der Waals surface area contributed by atoms with Crippen LogP contribution in [0.25, 0.3) is 6.08 Å². The van der Waals surface area contributed by atoms with Gasteiger partial charge in [-0.25, -0.2) is 14.2 Å². The number of esters is 1. The minimum atomic E-state index is -0.572. The van der Waals surface area contributed by atoms with E-state index in [0.29, 0.717) is 29.2 Å². The molecular weight excluding hydrogens is 385 g/mol. The Morgan fingerprint density at radius 1 is 1.00 bits per heavy atom. The molecule has 0 aliphatic carbocycles. The third kappa shape index (κ3) is 4.38. The van der Waals surface area contributed by atoms with E-state index < -0.39 is 5.97 Å². The first-order valence-electron chi connectivity index (χ1n) is 9.25. The molecular formula is C24H18FNO4. The Kier molecular flexibility index (Phi) is 5.57. The molecule has 1 aliphatic rings. The standard InChI is InChI=1S/C24H18FNO4/c1-28-22-14-17(7-12-21(22)29-15-16-5-3-2-4-6-16)13-20-24(27)30-23(26-20)18-8-10-19(25)11-9-18/h2-14H,15H2,1H3/b20-13-. The summed E-state index contributed by atoms with van der Waals surface area (Å²) in [4.78, 5) is 16.4. The van der Waals surface area contributed by atoms with Crippen molar-refractivity contribution in [1.82, 2.24) is 0 Å². The summed E-state index contributed by atoms with van der Waals surface area (Å²) in [5.41, 5.74) is 2.42. The van der Waals surface area contributed by atoms with E-state index in [4.69, 9.17) is 14.2 Å². The first kappa shape index (κ1) is 19.4. The van der Waals surface area contributed by atoms with E-state index in [9.17, 15) is 9.18 Å². The number of halogens is 1. The fraction of sp³-hybridized carbons (Fsp3) is 0.0833. The highest BCUT2D eigenvalue weighted by molar-refractivity contribution is 6.12. The van der Waals surface area contributed by atoms with Crippen molar-refractivity contribution in [2.75, 3.05) is 7.11 Å². The van der Waals surface area contributed by atoms with Crippen LogP contribution in [0.2, 0.25) is 0 Å². The molecule has 30 heavy (non-hydrogen) atoms. The molecule has 0 N–H and O–H groups in total. The molecule has 6 heteroatoms. The number of ether oxygens (including phenoxy) is 3. The Morgan fingerprint density at radius 2 is 1.77 bits per heavy atom. The van der Waals surface area contributed by atoms with Crippen molar-refractivity contribution < 1.29 is 23.4 Å². The van der Waals surface area contributed by atoms with Gasteiger partial charge in [0.2, 0.25) is 5.90 Å². The Bertz CT molecular complexity index is 1120. The summed E-state index contributed by atoms with van der Waals surface area (Å²) in [6.07, 6.45) is 1.60. The summed E-state index contributed by atoms with van der Waals surface area (Å²) < 4.78 is 29.6. The second-order valence-electron chi connectivity index (χ2n) is 6.53. The fourth-order valence-electron chi connectivity index (χ4n) is 2.91. The van der Waals surface area contributed by atoms with Gasteiger partial charge in [-0.3, -0.25) is 0 Å². The van der Waals surface area contributed by atoms with E-state index in [-0.39, 0.29) is 17.4 Å². The molecule has 3 aromatic rings. The number of rotatable bonds is 6. The van der Waals surface area contributed by atoms with E-state index in [2.05, 4.69) is 4.99 Å². The summed E-state index contributed by atoms with van der Waals surface area (Å²) in [5.74, 6) is 0.321. The van der Waals surface area contributed by atoms with Crippen LogP contribution in [-0.4, -0.2) is 19.0 Å². The molecule has 0 bridgehead atoms. The number of methoxy groups -OCH3 is 1. The van der Waals surface area contributed by atoms with Gasteiger partial charge in [0.15, 0.2) is 17.2 Å². The molecule has 3 aromatic carbocycles. The molecule has 0 unspecified atom stereocenters. The Morgan fingerprint density at radius 3 is 2.50 bits per heavy atom. The van der Waals surface area contributed by atoms with Gasteiger partial charge >= 0.3 is 5.97 Å². The maximum atomic E-state index is 13.1. The van der Waals surface area contributed by atoms with Crippen LogP contribution in [-0.2, 0) is 16.1 Å². The van der Waals surface area contributed by atoms with Gasteiger partial charge in [-0.1, -0.05) is 36.4 Å². The van der Waals surface area contributed by atoms with Gasteiger partial charge in [-0.05, 0) is 53.6 Å². The number of nitrogens with zero attached hydrogens (tertiary/aromatic N) is 1. The Labute approximate surface area is 173 Å². The summed E-state index contributed by atoms with van der Waals surface area (Å²) in [6.45, 7) is 0.412. The highest BCUT2D eigenvalue weighted by Gasteiger charge is 2.24. The molecule has 0 fully saturated rings. The molecule has 0 spiro atoms. The SMILES string of the molecule is COc1cc(/C=C2\N=C(c3ccc(F)cc3)OC2=O)ccc1OCc1ccccc1. The van der Waals surface area contributed by atoms with Gasteiger partial charge in [0.05, 0.1) is 7.11 Å². The zero-order valence-corrected chi connectivity index (χ0v) is 16.2. The predicted molar refractivity (Wildman–Crippen MR) is 111 cm³/mol. The minimum absolute atomic E-state index is 0.140. The summed E-state index contributed by atoms with van der Waals surface area (Å²) >= 11 is 0. The molecule has 150 valence electrons. The highest BCUT2D eigenvalue weighted by Crippen LogP contribution is 2.30. The second kappa shape index (κ2) is 8.61. The molecule has 0 radical (unpaired) electrons. The van der Waals surface area contributed by atoms with Crippen LogP contribution in [0, 0.1) is 5.82 Å². The monoisotopic (exact) mass is 403 g/mol. The number of aliphatic imine (C=N–C) groups is 1. The lowest BCUT2D eigenvalue weighted by atomic mass is 10.1. The van der Waals surface area contributed by atoms with E-state index >= 15 is 0 Å². The van der Waals surface area contributed by atoms with Crippen molar-refractivity contribution in [3.63, 3.8) is 0 Å². The van der Waals surface area contributed by atoms with Crippen LogP contribution in [0.15, 0.2) is 83.5 Å². The number of hydrogen-bond acceptors (Lipinski definition) is 5. The normalized spacial score (nSPS) is 14.4. The van der Waals surface area contributed by atoms with Crippen molar-refractivity contribution >= 4 is 17.9 Å². The lowest BCUT2D eigenvalue weighted by molar-refractivity contribution is -0.129. The summed E-state index contributed by atoms with van der Waals surface area (Å²) in [5, 5.41) is 0. The molecule has 0 saturated heterocycles. The topological polar surface area (TPSA) is 57.1 Å². The number of cyclic esters (lactones) is 1.